The number of hydrogen-bond acceptors (Lipinski definition) is 4. The van der Waals surface area contributed by atoms with Gasteiger partial charge in [-0.2, -0.15) is 0 Å². The van der Waals surface area contributed by atoms with Crippen molar-refractivity contribution in [3.05, 3.63) is 18.3 Å². The minimum atomic E-state index is 0.710. The summed E-state index contributed by atoms with van der Waals surface area (Å²) in [5.41, 5.74) is 3.74. The van der Waals surface area contributed by atoms with Crippen molar-refractivity contribution in [1.82, 2.24) is 4.98 Å². The second-order valence-corrected chi connectivity index (χ2v) is 4.90. The molecule has 3 N–H and O–H groups in total. The first kappa shape index (κ1) is 11.2. The number of hydrazine groups is 1. The number of aromatic nitrogens is 1. The topological polar surface area (TPSA) is 54.2 Å². The number of pyridine rings is 1. The minimum Gasteiger partial charge on any atom is -0.370 e. The fraction of sp³-hybridized carbons (Fsp3) is 0.583. The van der Waals surface area contributed by atoms with Gasteiger partial charge in [0.1, 0.15) is 5.82 Å². The van der Waals surface area contributed by atoms with Crippen LogP contribution in [0.3, 0.4) is 0 Å². The normalized spacial score (nSPS) is 25.6. The van der Waals surface area contributed by atoms with Gasteiger partial charge in [0.15, 0.2) is 0 Å². The third-order valence-electron chi connectivity index (χ3n) is 3.13. The van der Waals surface area contributed by atoms with E-state index in [1.807, 2.05) is 12.3 Å². The van der Waals surface area contributed by atoms with Crippen LogP contribution in [0.5, 0.6) is 0 Å². The fourth-order valence-corrected chi connectivity index (χ4v) is 2.53. The Morgan fingerprint density at radius 3 is 2.50 bits per heavy atom. The van der Waals surface area contributed by atoms with Gasteiger partial charge in [-0.3, -0.25) is 0 Å². The van der Waals surface area contributed by atoms with Crippen molar-refractivity contribution in [1.29, 1.82) is 0 Å². The van der Waals surface area contributed by atoms with Crippen LogP contribution < -0.4 is 16.2 Å². The molecule has 0 amide bonds. The monoisotopic (exact) mass is 220 g/mol. The minimum absolute atomic E-state index is 0.710. The number of hydrogen-bond donors (Lipinski definition) is 2. The highest BCUT2D eigenvalue weighted by molar-refractivity contribution is 5.49. The van der Waals surface area contributed by atoms with Crippen LogP contribution in [0.2, 0.25) is 0 Å². The molecule has 16 heavy (non-hydrogen) atoms. The highest BCUT2D eigenvalue weighted by Gasteiger charge is 2.21. The van der Waals surface area contributed by atoms with Crippen LogP contribution >= 0.6 is 0 Å². The summed E-state index contributed by atoms with van der Waals surface area (Å²) >= 11 is 0. The number of nitrogens with one attached hydrogen (secondary N) is 1. The Balaban J connectivity index is 2.10. The van der Waals surface area contributed by atoms with Gasteiger partial charge >= 0.3 is 0 Å². The van der Waals surface area contributed by atoms with Gasteiger partial charge in [-0.05, 0) is 30.4 Å². The van der Waals surface area contributed by atoms with Gasteiger partial charge in [-0.15, -0.1) is 0 Å². The molecule has 1 aromatic rings. The quantitative estimate of drug-likeness (QED) is 0.590. The number of nitrogens with zero attached hydrogens (tertiary/aromatic N) is 2. The van der Waals surface area contributed by atoms with Crippen molar-refractivity contribution in [3.8, 4) is 0 Å². The Labute approximate surface area is 96.8 Å². The van der Waals surface area contributed by atoms with Crippen molar-refractivity contribution in [2.45, 2.75) is 20.3 Å². The molecule has 1 saturated heterocycles. The molecule has 1 aromatic heterocycles. The summed E-state index contributed by atoms with van der Waals surface area (Å²) in [6.45, 7) is 6.88. The molecule has 1 fully saturated rings. The highest BCUT2D eigenvalue weighted by atomic mass is 15.2. The molecule has 4 nitrogen and oxygen atoms in total. The molecule has 0 saturated carbocycles. The maximum absolute atomic E-state index is 5.30. The van der Waals surface area contributed by atoms with Crippen LogP contribution in [0.15, 0.2) is 18.3 Å². The molecule has 2 rings (SSSR count). The van der Waals surface area contributed by atoms with E-state index in [4.69, 9.17) is 5.84 Å². The Bertz CT molecular complexity index is 325. The van der Waals surface area contributed by atoms with E-state index in [1.54, 1.807) is 0 Å². The number of anilines is 2. The van der Waals surface area contributed by atoms with Crippen molar-refractivity contribution < 1.29 is 0 Å². The third-order valence-corrected chi connectivity index (χ3v) is 3.13. The molecule has 1 aliphatic heterocycles. The molecule has 0 bridgehead atoms. The van der Waals surface area contributed by atoms with E-state index in [2.05, 4.69) is 35.2 Å². The molecule has 0 radical (unpaired) electrons. The first-order chi connectivity index (χ1) is 7.69. The standard InChI is InChI=1S/C12H20N4/c1-9-5-10(2)8-16(7-9)11-3-4-12(15-13)14-6-11/h3-4,6,9-10H,5,7-8,13H2,1-2H3,(H,14,15). The van der Waals surface area contributed by atoms with E-state index < -0.39 is 0 Å². The van der Waals surface area contributed by atoms with Gasteiger partial charge in [-0.1, -0.05) is 13.8 Å². The van der Waals surface area contributed by atoms with Crippen molar-refractivity contribution in [3.63, 3.8) is 0 Å². The Morgan fingerprint density at radius 2 is 2.00 bits per heavy atom. The van der Waals surface area contributed by atoms with Gasteiger partial charge in [0, 0.05) is 13.1 Å². The largest absolute Gasteiger partial charge is 0.370 e. The second kappa shape index (κ2) is 4.70. The van der Waals surface area contributed by atoms with Gasteiger partial charge in [0.2, 0.25) is 0 Å². The number of piperidine rings is 1. The molecule has 0 aromatic carbocycles. The molecule has 0 spiro atoms. The van der Waals surface area contributed by atoms with Crippen LogP contribution in [0, 0.1) is 11.8 Å². The first-order valence-electron chi connectivity index (χ1n) is 5.86. The van der Waals surface area contributed by atoms with E-state index >= 15 is 0 Å². The number of nitrogens with two attached hydrogens (primary N) is 1. The first-order valence-corrected chi connectivity index (χ1v) is 5.86. The van der Waals surface area contributed by atoms with E-state index in [9.17, 15) is 0 Å². The molecule has 2 unspecified atom stereocenters. The van der Waals surface area contributed by atoms with Crippen molar-refractivity contribution >= 4 is 11.5 Å². The van der Waals surface area contributed by atoms with Crippen molar-refractivity contribution in [2.24, 2.45) is 17.7 Å². The lowest BCUT2D eigenvalue weighted by Gasteiger charge is -2.36. The average Bonchev–Trinajstić information content (AvgIpc) is 2.28. The van der Waals surface area contributed by atoms with Crippen LogP contribution in [-0.4, -0.2) is 18.1 Å². The van der Waals surface area contributed by atoms with E-state index in [0.717, 1.165) is 24.9 Å². The zero-order chi connectivity index (χ0) is 11.5. The van der Waals surface area contributed by atoms with Crippen LogP contribution in [0.25, 0.3) is 0 Å². The summed E-state index contributed by atoms with van der Waals surface area (Å²) in [5.74, 6) is 7.53. The second-order valence-electron chi connectivity index (χ2n) is 4.90. The summed E-state index contributed by atoms with van der Waals surface area (Å²) in [5, 5.41) is 0. The molecule has 0 aliphatic carbocycles. The predicted octanol–water partition coefficient (Wildman–Crippen LogP) is 1.85. The summed E-state index contributed by atoms with van der Waals surface area (Å²) in [4.78, 5) is 6.65. The molecule has 2 atom stereocenters. The zero-order valence-corrected chi connectivity index (χ0v) is 9.98. The molecular weight excluding hydrogens is 200 g/mol. The van der Waals surface area contributed by atoms with Gasteiger partial charge < -0.3 is 10.3 Å². The molecule has 2 heterocycles. The fourth-order valence-electron chi connectivity index (χ4n) is 2.53. The Hall–Kier alpha value is -1.29. The van der Waals surface area contributed by atoms with Crippen LogP contribution in [-0.2, 0) is 0 Å². The summed E-state index contributed by atoms with van der Waals surface area (Å²) in [6, 6.07) is 3.99. The number of rotatable bonds is 2. The third kappa shape index (κ3) is 2.44. The van der Waals surface area contributed by atoms with E-state index in [-0.39, 0.29) is 0 Å². The smallest absolute Gasteiger partial charge is 0.140 e. The van der Waals surface area contributed by atoms with Gasteiger partial charge in [0.25, 0.3) is 0 Å². The highest BCUT2D eigenvalue weighted by Crippen LogP contribution is 2.25. The lowest BCUT2D eigenvalue weighted by atomic mass is 9.92. The molecular formula is C12H20N4. The van der Waals surface area contributed by atoms with E-state index in [0.29, 0.717) is 5.82 Å². The molecule has 4 heteroatoms. The predicted molar refractivity (Wildman–Crippen MR) is 67.2 cm³/mol. The van der Waals surface area contributed by atoms with E-state index in [1.165, 1.54) is 12.1 Å². The van der Waals surface area contributed by atoms with Crippen LogP contribution in [0.4, 0.5) is 11.5 Å². The molecule has 88 valence electrons. The summed E-state index contributed by atoms with van der Waals surface area (Å²) in [7, 11) is 0. The maximum Gasteiger partial charge on any atom is 0.140 e. The Morgan fingerprint density at radius 1 is 1.31 bits per heavy atom. The zero-order valence-electron chi connectivity index (χ0n) is 9.98. The average molecular weight is 220 g/mol. The van der Waals surface area contributed by atoms with Crippen LogP contribution in [0.1, 0.15) is 20.3 Å². The van der Waals surface area contributed by atoms with Crippen molar-refractivity contribution in [2.75, 3.05) is 23.4 Å². The summed E-state index contributed by atoms with van der Waals surface area (Å²) in [6.07, 6.45) is 3.21. The Kier molecular flexibility index (Phi) is 3.29. The lowest BCUT2D eigenvalue weighted by Crippen LogP contribution is -2.38. The van der Waals surface area contributed by atoms with Gasteiger partial charge in [0.05, 0.1) is 11.9 Å². The summed E-state index contributed by atoms with van der Waals surface area (Å²) < 4.78 is 0. The number of nitrogen functional groups attached to an aromatic ring is 1. The van der Waals surface area contributed by atoms with Gasteiger partial charge in [-0.25, -0.2) is 10.8 Å². The lowest BCUT2D eigenvalue weighted by molar-refractivity contribution is 0.357. The molecule has 1 aliphatic rings. The SMILES string of the molecule is CC1CC(C)CN(c2ccc(NN)nc2)C1. The maximum atomic E-state index is 5.30.